The Labute approximate surface area is 135 Å². The van der Waals surface area contributed by atoms with Crippen molar-refractivity contribution in [3.8, 4) is 5.75 Å². The average molecular weight is 341 g/mol. The summed E-state index contributed by atoms with van der Waals surface area (Å²) in [5.74, 6) is -1.56. The molecule has 0 saturated carbocycles. The summed E-state index contributed by atoms with van der Waals surface area (Å²) in [6, 6.07) is 5.89. The number of aryl methyl sites for hydroxylation is 1. The molecule has 0 saturated heterocycles. The smallest absolute Gasteiger partial charge is 0.426 e. The van der Waals surface area contributed by atoms with Crippen LogP contribution in [-0.2, 0) is 18.0 Å². The minimum Gasteiger partial charge on any atom is -0.426 e. The zero-order valence-electron chi connectivity index (χ0n) is 13.1. The van der Waals surface area contributed by atoms with E-state index in [0.29, 0.717) is 4.68 Å². The van der Waals surface area contributed by atoms with Crippen molar-refractivity contribution in [2.24, 2.45) is 7.05 Å². The number of ether oxygens (including phenoxy) is 1. The summed E-state index contributed by atoms with van der Waals surface area (Å²) < 4.78 is 44.4. The monoisotopic (exact) mass is 341 g/mol. The summed E-state index contributed by atoms with van der Waals surface area (Å²) in [5, 5.41) is 6.00. The minimum absolute atomic E-state index is 0.00584. The molecule has 1 amide bonds. The van der Waals surface area contributed by atoms with Gasteiger partial charge in [0.25, 0.3) is 5.91 Å². The van der Waals surface area contributed by atoms with E-state index in [1.165, 1.54) is 32.0 Å². The second-order valence-corrected chi connectivity index (χ2v) is 4.99. The van der Waals surface area contributed by atoms with Crippen molar-refractivity contribution in [3.63, 3.8) is 0 Å². The number of nitrogens with zero attached hydrogens (tertiary/aromatic N) is 2. The number of benzene rings is 1. The molecule has 0 aliphatic carbocycles. The maximum Gasteiger partial charge on any atom is 0.433 e. The Morgan fingerprint density at radius 1 is 1.25 bits per heavy atom. The van der Waals surface area contributed by atoms with Crippen molar-refractivity contribution in [2.75, 3.05) is 5.32 Å². The third-order valence-corrected chi connectivity index (χ3v) is 3.17. The third kappa shape index (κ3) is 3.55. The number of rotatable bonds is 3. The van der Waals surface area contributed by atoms with Gasteiger partial charge in [0.2, 0.25) is 0 Å². The van der Waals surface area contributed by atoms with Crippen LogP contribution in [0.15, 0.2) is 24.3 Å². The molecule has 1 aromatic heterocycles. The van der Waals surface area contributed by atoms with Gasteiger partial charge in [-0.3, -0.25) is 14.3 Å². The average Bonchev–Trinajstić information content (AvgIpc) is 2.72. The molecule has 0 spiro atoms. The van der Waals surface area contributed by atoms with Crippen LogP contribution in [0, 0.1) is 6.92 Å². The highest BCUT2D eigenvalue weighted by Crippen LogP contribution is 2.34. The molecule has 0 radical (unpaired) electrons. The number of carbonyl (C=O) groups excluding carboxylic acids is 2. The fourth-order valence-electron chi connectivity index (χ4n) is 2.22. The number of hydrogen-bond acceptors (Lipinski definition) is 4. The number of nitrogens with one attached hydrogen (secondary N) is 1. The first-order chi connectivity index (χ1) is 11.1. The highest BCUT2D eigenvalue weighted by molar-refractivity contribution is 6.06. The van der Waals surface area contributed by atoms with E-state index in [9.17, 15) is 22.8 Å². The second kappa shape index (κ2) is 6.34. The van der Waals surface area contributed by atoms with Crippen LogP contribution in [-0.4, -0.2) is 21.7 Å². The van der Waals surface area contributed by atoms with E-state index in [0.717, 1.165) is 7.05 Å². The van der Waals surface area contributed by atoms with Gasteiger partial charge in [0.15, 0.2) is 5.82 Å². The lowest BCUT2D eigenvalue weighted by Crippen LogP contribution is -2.16. The lowest BCUT2D eigenvalue weighted by atomic mass is 10.2. The molecule has 0 atom stereocenters. The fraction of sp³-hybridized carbons (Fsp3) is 0.267. The molecule has 6 nitrogen and oxygen atoms in total. The molecule has 0 bridgehead atoms. The van der Waals surface area contributed by atoms with Crippen LogP contribution in [0.25, 0.3) is 0 Å². The molecular formula is C15H14F3N3O3. The van der Waals surface area contributed by atoms with Gasteiger partial charge in [-0.15, -0.1) is 0 Å². The lowest BCUT2D eigenvalue weighted by molar-refractivity contribution is -0.144. The van der Waals surface area contributed by atoms with Crippen LogP contribution >= 0.6 is 0 Å². The Morgan fingerprint density at radius 3 is 2.42 bits per heavy atom. The van der Waals surface area contributed by atoms with E-state index in [1.54, 1.807) is 6.07 Å². The molecule has 2 rings (SSSR count). The normalized spacial score (nSPS) is 11.2. The minimum atomic E-state index is -4.59. The number of anilines is 1. The molecule has 1 heterocycles. The molecular weight excluding hydrogens is 327 g/mol. The maximum absolute atomic E-state index is 13.0. The van der Waals surface area contributed by atoms with Crippen LogP contribution in [0.4, 0.5) is 19.0 Å². The van der Waals surface area contributed by atoms with Gasteiger partial charge in [0.1, 0.15) is 11.4 Å². The third-order valence-electron chi connectivity index (χ3n) is 3.17. The van der Waals surface area contributed by atoms with Crippen LogP contribution in [0.2, 0.25) is 0 Å². The number of esters is 1. The van der Waals surface area contributed by atoms with Crippen LogP contribution < -0.4 is 10.1 Å². The van der Waals surface area contributed by atoms with Gasteiger partial charge in [0, 0.05) is 19.5 Å². The Balaban J connectivity index is 2.34. The molecule has 1 N–H and O–H groups in total. The zero-order chi connectivity index (χ0) is 18.1. The molecule has 0 unspecified atom stereocenters. The number of aromatic nitrogens is 2. The van der Waals surface area contributed by atoms with Gasteiger partial charge in [-0.1, -0.05) is 12.1 Å². The van der Waals surface area contributed by atoms with E-state index >= 15 is 0 Å². The summed E-state index contributed by atoms with van der Waals surface area (Å²) in [7, 11) is 1.14. The van der Waals surface area contributed by atoms with E-state index < -0.39 is 23.7 Å². The highest BCUT2D eigenvalue weighted by Gasteiger charge is 2.38. The molecule has 0 aliphatic rings. The number of alkyl halides is 3. The Bertz CT molecular complexity index is 797. The maximum atomic E-state index is 13.0. The molecule has 24 heavy (non-hydrogen) atoms. The molecule has 0 aliphatic heterocycles. The fourth-order valence-corrected chi connectivity index (χ4v) is 2.22. The van der Waals surface area contributed by atoms with Crippen molar-refractivity contribution in [1.29, 1.82) is 0 Å². The van der Waals surface area contributed by atoms with Crippen molar-refractivity contribution in [1.82, 2.24) is 9.78 Å². The molecule has 128 valence electrons. The second-order valence-electron chi connectivity index (χ2n) is 4.99. The first kappa shape index (κ1) is 17.5. The van der Waals surface area contributed by atoms with E-state index in [4.69, 9.17) is 4.74 Å². The van der Waals surface area contributed by atoms with Crippen molar-refractivity contribution in [3.05, 3.63) is 41.1 Å². The number of amides is 1. The summed E-state index contributed by atoms with van der Waals surface area (Å²) in [5.41, 5.74) is -1.15. The predicted octanol–water partition coefficient (Wildman–Crippen LogP) is 2.92. The van der Waals surface area contributed by atoms with Gasteiger partial charge in [-0.05, 0) is 19.1 Å². The Hall–Kier alpha value is -2.84. The standard InChI is InChI=1S/C15H14F3N3O3/c1-8-12(15(16,17)18)21(3)20-13(8)19-14(23)10-6-4-5-7-11(10)24-9(2)22/h4-7H,1-3H3,(H,19,20,23). The topological polar surface area (TPSA) is 73.2 Å². The lowest BCUT2D eigenvalue weighted by Gasteiger charge is -2.09. The van der Waals surface area contributed by atoms with Gasteiger partial charge < -0.3 is 10.1 Å². The summed E-state index contributed by atoms with van der Waals surface area (Å²) in [4.78, 5) is 23.4. The van der Waals surface area contributed by atoms with Gasteiger partial charge in [-0.25, -0.2) is 0 Å². The zero-order valence-corrected chi connectivity index (χ0v) is 13.1. The summed E-state index contributed by atoms with van der Waals surface area (Å²) >= 11 is 0. The molecule has 1 aromatic carbocycles. The first-order valence-electron chi connectivity index (χ1n) is 6.81. The summed E-state index contributed by atoms with van der Waals surface area (Å²) in [6.45, 7) is 2.39. The molecule has 9 heteroatoms. The quantitative estimate of drug-likeness (QED) is 0.688. The van der Waals surface area contributed by atoms with Crippen molar-refractivity contribution < 1.29 is 27.5 Å². The molecule has 2 aromatic rings. The molecule has 0 fully saturated rings. The Morgan fingerprint density at radius 2 is 1.88 bits per heavy atom. The largest absolute Gasteiger partial charge is 0.433 e. The van der Waals surface area contributed by atoms with Crippen LogP contribution in [0.3, 0.4) is 0 Å². The predicted molar refractivity (Wildman–Crippen MR) is 78.7 cm³/mol. The van der Waals surface area contributed by atoms with E-state index in [2.05, 4.69) is 10.4 Å². The van der Waals surface area contributed by atoms with Crippen molar-refractivity contribution in [2.45, 2.75) is 20.0 Å². The number of para-hydroxylation sites is 1. The van der Waals surface area contributed by atoms with E-state index in [1.807, 2.05) is 0 Å². The number of halogens is 3. The van der Waals surface area contributed by atoms with Crippen LogP contribution in [0.1, 0.15) is 28.5 Å². The van der Waals surface area contributed by atoms with E-state index in [-0.39, 0.29) is 22.7 Å². The van der Waals surface area contributed by atoms with Crippen LogP contribution in [0.5, 0.6) is 5.75 Å². The Kier molecular flexibility index (Phi) is 4.63. The first-order valence-corrected chi connectivity index (χ1v) is 6.81. The SMILES string of the molecule is CC(=O)Oc1ccccc1C(=O)Nc1nn(C)c(C(F)(F)F)c1C. The van der Waals surface area contributed by atoms with Crippen molar-refractivity contribution >= 4 is 17.7 Å². The summed E-state index contributed by atoms with van der Waals surface area (Å²) in [6.07, 6.45) is -4.59. The van der Waals surface area contributed by atoms with Gasteiger partial charge >= 0.3 is 12.1 Å². The number of carbonyl (C=O) groups is 2. The highest BCUT2D eigenvalue weighted by atomic mass is 19.4. The van der Waals surface area contributed by atoms with Gasteiger partial charge in [-0.2, -0.15) is 18.3 Å². The number of hydrogen-bond donors (Lipinski definition) is 1. The van der Waals surface area contributed by atoms with Gasteiger partial charge in [0.05, 0.1) is 5.56 Å².